The number of carbonyl (C=O) groups excluding carboxylic acids is 2. The fourth-order valence-electron chi connectivity index (χ4n) is 1.96. The zero-order valence-corrected chi connectivity index (χ0v) is 10.3. The van der Waals surface area contributed by atoms with Crippen LogP contribution in [0.1, 0.15) is 32.6 Å². The maximum absolute atomic E-state index is 11.5. The van der Waals surface area contributed by atoms with Crippen LogP contribution in [0.4, 0.5) is 0 Å². The summed E-state index contributed by atoms with van der Waals surface area (Å²) >= 11 is 0. The van der Waals surface area contributed by atoms with Crippen LogP contribution in [0.5, 0.6) is 0 Å². The number of rotatable bonds is 4. The van der Waals surface area contributed by atoms with Gasteiger partial charge in [0.1, 0.15) is 0 Å². The van der Waals surface area contributed by atoms with E-state index in [9.17, 15) is 9.59 Å². The number of hydrogen-bond acceptors (Lipinski definition) is 3. The second kappa shape index (κ2) is 6.70. The molecule has 1 fully saturated rings. The lowest BCUT2D eigenvalue weighted by molar-refractivity contribution is -0.127. The second-order valence-corrected chi connectivity index (χ2v) is 4.30. The molecule has 0 bridgehead atoms. The van der Waals surface area contributed by atoms with Crippen molar-refractivity contribution in [3.63, 3.8) is 0 Å². The average molecular weight is 250 g/mol. The quantitative estimate of drug-likeness (QED) is 0.650. The molecule has 3 atom stereocenters. The molecule has 0 aromatic carbocycles. The highest BCUT2D eigenvalue weighted by Gasteiger charge is 2.26. The molecule has 3 unspecified atom stereocenters. The monoisotopic (exact) mass is 249 g/mol. The molecule has 0 spiro atoms. The van der Waals surface area contributed by atoms with Crippen molar-refractivity contribution in [2.45, 2.75) is 44.7 Å². The summed E-state index contributed by atoms with van der Waals surface area (Å²) in [6, 6.07) is -0.605. The number of halogens is 1. The van der Waals surface area contributed by atoms with Gasteiger partial charge in [0.2, 0.25) is 11.8 Å². The molecule has 0 heterocycles. The smallest absolute Gasteiger partial charge is 0.237 e. The van der Waals surface area contributed by atoms with Crippen LogP contribution in [0, 0.1) is 5.92 Å². The Hall–Kier alpha value is -0.810. The number of amides is 2. The lowest BCUT2D eigenvalue weighted by atomic mass is 10.1. The van der Waals surface area contributed by atoms with E-state index in [1.807, 2.05) is 0 Å². The molecule has 16 heavy (non-hydrogen) atoms. The lowest BCUT2D eigenvalue weighted by Crippen LogP contribution is -2.47. The van der Waals surface area contributed by atoms with E-state index in [0.717, 1.165) is 19.3 Å². The highest BCUT2D eigenvalue weighted by molar-refractivity contribution is 5.87. The number of carbonyl (C=O) groups is 2. The van der Waals surface area contributed by atoms with Crippen molar-refractivity contribution in [2.24, 2.45) is 17.4 Å². The van der Waals surface area contributed by atoms with E-state index in [2.05, 4.69) is 12.2 Å². The molecule has 1 saturated carbocycles. The summed E-state index contributed by atoms with van der Waals surface area (Å²) < 4.78 is 0. The Balaban J connectivity index is 0.00000225. The van der Waals surface area contributed by atoms with Crippen molar-refractivity contribution in [2.75, 3.05) is 0 Å². The van der Waals surface area contributed by atoms with Gasteiger partial charge in [-0.05, 0) is 18.8 Å². The number of nitrogens with two attached hydrogens (primary N) is 2. The maximum Gasteiger partial charge on any atom is 0.237 e. The summed E-state index contributed by atoms with van der Waals surface area (Å²) in [5.41, 5.74) is 10.5. The Morgan fingerprint density at radius 1 is 1.44 bits per heavy atom. The predicted molar refractivity (Wildman–Crippen MR) is 64.0 cm³/mol. The Bertz CT molecular complexity index is 260. The van der Waals surface area contributed by atoms with Crippen LogP contribution in [-0.4, -0.2) is 23.9 Å². The van der Waals surface area contributed by atoms with Gasteiger partial charge in [-0.2, -0.15) is 0 Å². The van der Waals surface area contributed by atoms with Crippen LogP contribution in [0.25, 0.3) is 0 Å². The standard InChI is InChI=1S/C10H19N3O2.ClH/c1-6-3-2-4-8(6)13-10(15)7(11)5-9(12)14;/h6-8H,2-5,11H2,1H3,(H2,12,14)(H,13,15);1H. The minimum atomic E-state index is -0.810. The Labute approximate surface area is 102 Å². The first-order valence-electron chi connectivity index (χ1n) is 5.35. The molecule has 1 aliphatic rings. The highest BCUT2D eigenvalue weighted by Crippen LogP contribution is 2.24. The zero-order valence-electron chi connectivity index (χ0n) is 9.44. The molecule has 94 valence electrons. The Kier molecular flexibility index (Phi) is 6.36. The van der Waals surface area contributed by atoms with Gasteiger partial charge >= 0.3 is 0 Å². The van der Waals surface area contributed by atoms with Crippen molar-refractivity contribution in [3.05, 3.63) is 0 Å². The summed E-state index contributed by atoms with van der Waals surface area (Å²) in [7, 11) is 0. The Morgan fingerprint density at radius 3 is 2.50 bits per heavy atom. The summed E-state index contributed by atoms with van der Waals surface area (Å²) in [6.07, 6.45) is 3.18. The first kappa shape index (κ1) is 15.2. The average Bonchev–Trinajstić information content (AvgIpc) is 2.50. The van der Waals surface area contributed by atoms with Gasteiger partial charge in [0.15, 0.2) is 0 Å². The summed E-state index contributed by atoms with van der Waals surface area (Å²) in [4.78, 5) is 22.1. The van der Waals surface area contributed by atoms with Gasteiger partial charge in [-0.15, -0.1) is 12.4 Å². The van der Waals surface area contributed by atoms with E-state index >= 15 is 0 Å². The number of primary amides is 1. The molecule has 0 aromatic rings. The molecular formula is C10H20ClN3O2. The van der Waals surface area contributed by atoms with Crippen molar-refractivity contribution in [1.82, 2.24) is 5.32 Å². The zero-order chi connectivity index (χ0) is 11.4. The molecule has 0 radical (unpaired) electrons. The van der Waals surface area contributed by atoms with Crippen LogP contribution >= 0.6 is 12.4 Å². The van der Waals surface area contributed by atoms with E-state index in [-0.39, 0.29) is 30.8 Å². The fraction of sp³-hybridized carbons (Fsp3) is 0.800. The van der Waals surface area contributed by atoms with Crippen molar-refractivity contribution in [3.8, 4) is 0 Å². The third-order valence-corrected chi connectivity index (χ3v) is 2.95. The van der Waals surface area contributed by atoms with Crippen LogP contribution in [0.2, 0.25) is 0 Å². The second-order valence-electron chi connectivity index (χ2n) is 4.30. The van der Waals surface area contributed by atoms with Gasteiger partial charge < -0.3 is 16.8 Å². The molecule has 5 nitrogen and oxygen atoms in total. The van der Waals surface area contributed by atoms with Crippen LogP contribution in [-0.2, 0) is 9.59 Å². The first-order valence-corrected chi connectivity index (χ1v) is 5.35. The lowest BCUT2D eigenvalue weighted by Gasteiger charge is -2.19. The normalized spacial score (nSPS) is 25.6. The molecular weight excluding hydrogens is 230 g/mol. The van der Waals surface area contributed by atoms with E-state index in [4.69, 9.17) is 11.5 Å². The Morgan fingerprint density at radius 2 is 2.06 bits per heavy atom. The molecule has 0 aliphatic heterocycles. The SMILES string of the molecule is CC1CCCC1NC(=O)C(N)CC(N)=O.Cl. The third-order valence-electron chi connectivity index (χ3n) is 2.95. The van der Waals surface area contributed by atoms with Crippen LogP contribution in [0.15, 0.2) is 0 Å². The van der Waals surface area contributed by atoms with Crippen LogP contribution < -0.4 is 16.8 Å². The van der Waals surface area contributed by atoms with Crippen molar-refractivity contribution < 1.29 is 9.59 Å². The minimum absolute atomic E-state index is 0. The fourth-order valence-corrected chi connectivity index (χ4v) is 1.96. The molecule has 1 aliphatic carbocycles. The van der Waals surface area contributed by atoms with Crippen LogP contribution in [0.3, 0.4) is 0 Å². The summed E-state index contributed by atoms with van der Waals surface area (Å²) in [5, 5.41) is 2.86. The van der Waals surface area contributed by atoms with Gasteiger partial charge in [-0.3, -0.25) is 9.59 Å². The molecule has 0 aromatic heterocycles. The molecule has 6 heteroatoms. The topological polar surface area (TPSA) is 98.2 Å². The van der Waals surface area contributed by atoms with Gasteiger partial charge in [-0.1, -0.05) is 13.3 Å². The largest absolute Gasteiger partial charge is 0.370 e. The van der Waals surface area contributed by atoms with Crippen molar-refractivity contribution >= 4 is 24.2 Å². The van der Waals surface area contributed by atoms with E-state index in [0.29, 0.717) is 5.92 Å². The third kappa shape index (κ3) is 4.37. The number of hydrogen-bond donors (Lipinski definition) is 3. The van der Waals surface area contributed by atoms with Gasteiger partial charge in [0.05, 0.1) is 12.5 Å². The number of nitrogens with one attached hydrogen (secondary N) is 1. The van der Waals surface area contributed by atoms with Gasteiger partial charge in [-0.25, -0.2) is 0 Å². The molecule has 1 rings (SSSR count). The van der Waals surface area contributed by atoms with Gasteiger partial charge in [0.25, 0.3) is 0 Å². The summed E-state index contributed by atoms with van der Waals surface area (Å²) in [5.74, 6) is -0.320. The molecule has 5 N–H and O–H groups in total. The van der Waals surface area contributed by atoms with E-state index in [1.54, 1.807) is 0 Å². The maximum atomic E-state index is 11.5. The summed E-state index contributed by atoms with van der Waals surface area (Å²) in [6.45, 7) is 2.11. The predicted octanol–water partition coefficient (Wildman–Crippen LogP) is -0.0843. The van der Waals surface area contributed by atoms with Crippen molar-refractivity contribution in [1.29, 1.82) is 0 Å². The first-order chi connectivity index (χ1) is 7.00. The minimum Gasteiger partial charge on any atom is -0.370 e. The molecule has 0 saturated heterocycles. The van der Waals surface area contributed by atoms with Gasteiger partial charge in [0, 0.05) is 6.04 Å². The molecule has 2 amide bonds. The van der Waals surface area contributed by atoms with E-state index in [1.165, 1.54) is 0 Å². The highest BCUT2D eigenvalue weighted by atomic mass is 35.5. The van der Waals surface area contributed by atoms with E-state index < -0.39 is 11.9 Å².